The van der Waals surface area contributed by atoms with E-state index in [1.165, 1.54) is 11.0 Å². The maximum absolute atomic E-state index is 13.9. The molecule has 5 heteroatoms. The normalized spacial score (nSPS) is 20.2. The first-order valence-corrected chi connectivity index (χ1v) is 7.28. The summed E-state index contributed by atoms with van der Waals surface area (Å²) in [5, 5.41) is 9.91. The molecule has 116 valence electrons. The Balaban J connectivity index is 2.17. The van der Waals surface area contributed by atoms with Crippen LogP contribution in [0.1, 0.15) is 26.7 Å². The van der Waals surface area contributed by atoms with Gasteiger partial charge in [-0.05, 0) is 45.9 Å². The van der Waals surface area contributed by atoms with E-state index in [-0.39, 0.29) is 17.8 Å². The fourth-order valence-electron chi connectivity index (χ4n) is 2.90. The predicted octanol–water partition coefficient (Wildman–Crippen LogP) is 2.02. The number of carbonyl (C=O) groups excluding carboxylic acids is 1. The molecule has 0 aliphatic carbocycles. The van der Waals surface area contributed by atoms with Crippen LogP contribution in [0.4, 0.5) is 10.1 Å². The van der Waals surface area contributed by atoms with Gasteiger partial charge in [-0.1, -0.05) is 12.1 Å². The lowest BCUT2D eigenvalue weighted by Gasteiger charge is -2.38. The van der Waals surface area contributed by atoms with Crippen LogP contribution >= 0.6 is 0 Å². The molecule has 0 bridgehead atoms. The average molecular weight is 294 g/mol. The number of hydrogen-bond donors (Lipinski definition) is 1. The van der Waals surface area contributed by atoms with Crippen LogP contribution in [0.5, 0.6) is 0 Å². The molecule has 0 radical (unpaired) electrons. The number of benzene rings is 1. The van der Waals surface area contributed by atoms with Crippen molar-refractivity contribution in [3.05, 3.63) is 30.1 Å². The molecule has 1 N–H and O–H groups in total. The van der Waals surface area contributed by atoms with Crippen molar-refractivity contribution < 1.29 is 14.3 Å². The Bertz CT molecular complexity index is 513. The molecule has 1 aliphatic rings. The Morgan fingerprint density at radius 2 is 2.10 bits per heavy atom. The van der Waals surface area contributed by atoms with Crippen molar-refractivity contribution in [2.24, 2.45) is 0 Å². The van der Waals surface area contributed by atoms with E-state index >= 15 is 0 Å². The Kier molecular flexibility index (Phi) is 4.64. The minimum absolute atomic E-state index is 0.0990. The number of hydrogen-bond acceptors (Lipinski definition) is 3. The highest BCUT2D eigenvalue weighted by atomic mass is 19.1. The van der Waals surface area contributed by atoms with Gasteiger partial charge < -0.3 is 10.0 Å². The third-order valence-electron chi connectivity index (χ3n) is 3.72. The number of nitrogens with zero attached hydrogens (tertiary/aromatic N) is 2. The van der Waals surface area contributed by atoms with Crippen LogP contribution in [-0.4, -0.2) is 47.7 Å². The van der Waals surface area contributed by atoms with Crippen LogP contribution in [0, 0.1) is 5.82 Å². The van der Waals surface area contributed by atoms with Gasteiger partial charge in [-0.2, -0.15) is 0 Å². The number of carbonyl (C=O) groups is 1. The number of para-hydroxylation sites is 1. The zero-order chi connectivity index (χ0) is 15.6. The highest BCUT2D eigenvalue weighted by Crippen LogP contribution is 2.26. The maximum Gasteiger partial charge on any atom is 0.244 e. The van der Waals surface area contributed by atoms with Gasteiger partial charge in [-0.25, -0.2) is 4.39 Å². The second-order valence-electron chi connectivity index (χ2n) is 6.33. The van der Waals surface area contributed by atoms with Gasteiger partial charge in [-0.3, -0.25) is 9.69 Å². The molecule has 0 aromatic heterocycles. The van der Waals surface area contributed by atoms with Crippen molar-refractivity contribution >= 4 is 11.6 Å². The zero-order valence-corrected chi connectivity index (χ0v) is 12.8. The standard InChI is InChI=1S/C16H23FN2O2/c1-16(2,21)11-18(3)14-9-6-10-19(15(14)20)13-8-5-4-7-12(13)17/h4-5,7-8,14,21H,6,9-11H2,1-3H3. The van der Waals surface area contributed by atoms with Crippen molar-refractivity contribution in [1.82, 2.24) is 4.90 Å². The molecule has 1 amide bonds. The summed E-state index contributed by atoms with van der Waals surface area (Å²) in [4.78, 5) is 16.0. The number of anilines is 1. The molecule has 4 nitrogen and oxygen atoms in total. The van der Waals surface area contributed by atoms with Crippen molar-refractivity contribution in [1.29, 1.82) is 0 Å². The van der Waals surface area contributed by atoms with E-state index in [4.69, 9.17) is 0 Å². The van der Waals surface area contributed by atoms with Gasteiger partial charge >= 0.3 is 0 Å². The van der Waals surface area contributed by atoms with E-state index in [1.54, 1.807) is 32.0 Å². The minimum atomic E-state index is -0.866. The largest absolute Gasteiger partial charge is 0.389 e. The summed E-state index contributed by atoms with van der Waals surface area (Å²) < 4.78 is 13.9. The van der Waals surface area contributed by atoms with Crippen LogP contribution < -0.4 is 4.90 Å². The Labute approximate surface area is 125 Å². The van der Waals surface area contributed by atoms with Crippen LogP contribution in [0.2, 0.25) is 0 Å². The highest BCUT2D eigenvalue weighted by Gasteiger charge is 2.34. The van der Waals surface area contributed by atoms with Crippen molar-refractivity contribution in [3.8, 4) is 0 Å². The smallest absolute Gasteiger partial charge is 0.244 e. The Hall–Kier alpha value is -1.46. The fourth-order valence-corrected chi connectivity index (χ4v) is 2.90. The summed E-state index contributed by atoms with van der Waals surface area (Å²) >= 11 is 0. The highest BCUT2D eigenvalue weighted by molar-refractivity contribution is 5.98. The van der Waals surface area contributed by atoms with E-state index < -0.39 is 5.60 Å². The molecule has 1 aromatic rings. The summed E-state index contributed by atoms with van der Waals surface area (Å²) in [5.74, 6) is -0.477. The third kappa shape index (κ3) is 3.80. The molecule has 1 atom stereocenters. The van der Waals surface area contributed by atoms with Gasteiger partial charge in [-0.15, -0.1) is 0 Å². The summed E-state index contributed by atoms with van der Waals surface area (Å²) in [5.41, 5.74) is -0.529. The zero-order valence-electron chi connectivity index (χ0n) is 12.8. The van der Waals surface area contributed by atoms with Gasteiger partial charge in [0, 0.05) is 13.1 Å². The maximum atomic E-state index is 13.9. The second-order valence-corrected chi connectivity index (χ2v) is 6.33. The van der Waals surface area contributed by atoms with E-state index in [1.807, 2.05) is 11.9 Å². The fraction of sp³-hybridized carbons (Fsp3) is 0.562. The van der Waals surface area contributed by atoms with Gasteiger partial charge in [0.2, 0.25) is 5.91 Å². The first kappa shape index (κ1) is 15.9. The number of aliphatic hydroxyl groups is 1. The topological polar surface area (TPSA) is 43.8 Å². The molecule has 1 aliphatic heterocycles. The van der Waals surface area contributed by atoms with E-state index in [2.05, 4.69) is 0 Å². The number of likely N-dealkylation sites (N-methyl/N-ethyl adjacent to an activating group) is 1. The van der Waals surface area contributed by atoms with Crippen LogP contribution in [0.25, 0.3) is 0 Å². The average Bonchev–Trinajstić information content (AvgIpc) is 2.38. The molecule has 2 rings (SSSR count). The lowest BCUT2D eigenvalue weighted by atomic mass is 10.0. The number of amides is 1. The molecular weight excluding hydrogens is 271 g/mol. The SMILES string of the molecule is CN(CC(C)(C)O)C1CCCN(c2ccccc2F)C1=O. The molecule has 1 saturated heterocycles. The number of halogens is 1. The summed E-state index contributed by atoms with van der Waals surface area (Å²) in [7, 11) is 1.82. The quantitative estimate of drug-likeness (QED) is 0.924. The Morgan fingerprint density at radius 3 is 2.71 bits per heavy atom. The molecule has 1 heterocycles. The van der Waals surface area contributed by atoms with E-state index in [9.17, 15) is 14.3 Å². The van der Waals surface area contributed by atoms with Gasteiger partial charge in [0.1, 0.15) is 5.82 Å². The van der Waals surface area contributed by atoms with Crippen LogP contribution in [0.15, 0.2) is 24.3 Å². The summed E-state index contributed by atoms with van der Waals surface area (Å²) in [6.07, 6.45) is 1.55. The second kappa shape index (κ2) is 6.12. The van der Waals surface area contributed by atoms with Crippen LogP contribution in [-0.2, 0) is 4.79 Å². The molecular formula is C16H23FN2O2. The minimum Gasteiger partial charge on any atom is -0.389 e. The molecule has 1 fully saturated rings. The molecule has 0 spiro atoms. The van der Waals surface area contributed by atoms with Gasteiger partial charge in [0.05, 0.1) is 17.3 Å². The lowest BCUT2D eigenvalue weighted by Crippen LogP contribution is -2.54. The first-order chi connectivity index (χ1) is 9.79. The van der Waals surface area contributed by atoms with Gasteiger partial charge in [0.25, 0.3) is 0 Å². The van der Waals surface area contributed by atoms with Crippen molar-refractivity contribution in [3.63, 3.8) is 0 Å². The van der Waals surface area contributed by atoms with Crippen molar-refractivity contribution in [2.75, 3.05) is 25.0 Å². The molecule has 1 aromatic carbocycles. The molecule has 0 saturated carbocycles. The predicted molar refractivity (Wildman–Crippen MR) is 80.7 cm³/mol. The number of rotatable bonds is 4. The van der Waals surface area contributed by atoms with Crippen LogP contribution in [0.3, 0.4) is 0 Å². The van der Waals surface area contributed by atoms with E-state index in [0.29, 0.717) is 18.8 Å². The van der Waals surface area contributed by atoms with E-state index in [0.717, 1.165) is 12.8 Å². The van der Waals surface area contributed by atoms with Gasteiger partial charge in [0.15, 0.2) is 0 Å². The monoisotopic (exact) mass is 294 g/mol. The third-order valence-corrected chi connectivity index (χ3v) is 3.72. The summed E-state index contributed by atoms with van der Waals surface area (Å²) in [6, 6.07) is 6.03. The summed E-state index contributed by atoms with van der Waals surface area (Å²) in [6.45, 7) is 4.36. The number of piperidine rings is 1. The van der Waals surface area contributed by atoms with Crippen molar-refractivity contribution in [2.45, 2.75) is 38.3 Å². The Morgan fingerprint density at radius 1 is 1.43 bits per heavy atom. The lowest BCUT2D eigenvalue weighted by molar-refractivity contribution is -0.125. The molecule has 21 heavy (non-hydrogen) atoms. The first-order valence-electron chi connectivity index (χ1n) is 7.28. The molecule has 1 unspecified atom stereocenters.